The van der Waals surface area contributed by atoms with Crippen molar-refractivity contribution in [1.29, 1.82) is 0 Å². The number of nitrogens with zero attached hydrogens (tertiary/aromatic N) is 1. The van der Waals surface area contributed by atoms with Gasteiger partial charge in [0.05, 0.1) is 0 Å². The first kappa shape index (κ1) is 10.5. The van der Waals surface area contributed by atoms with Crippen molar-refractivity contribution in [1.82, 2.24) is 10.2 Å². The molecule has 1 rings (SSSR count). The second-order valence-corrected chi connectivity index (χ2v) is 3.18. The highest BCUT2D eigenvalue weighted by Crippen LogP contribution is 2.16. The summed E-state index contributed by atoms with van der Waals surface area (Å²) in [6.45, 7) is 1.60. The van der Waals surface area contributed by atoms with Gasteiger partial charge in [0.25, 0.3) is 0 Å². The minimum Gasteiger partial charge on any atom is -0.480 e. The van der Waals surface area contributed by atoms with Gasteiger partial charge in [0, 0.05) is 13.5 Å². The number of imide groups is 1. The first-order valence-electron chi connectivity index (χ1n) is 4.33. The van der Waals surface area contributed by atoms with Crippen molar-refractivity contribution in [2.24, 2.45) is 0 Å². The molecule has 0 aromatic carbocycles. The lowest BCUT2D eigenvalue weighted by atomic mass is 10.2. The number of nitrogens with one attached hydrogen (secondary N) is 1. The van der Waals surface area contributed by atoms with Gasteiger partial charge in [0.1, 0.15) is 6.04 Å². The number of aliphatic carboxylic acids is 1. The Morgan fingerprint density at radius 3 is 2.57 bits per heavy atom. The minimum absolute atomic E-state index is 0.385. The molecule has 6 heteroatoms. The number of carboxylic acid groups (broad SMARTS) is 1. The molecule has 14 heavy (non-hydrogen) atoms. The van der Waals surface area contributed by atoms with E-state index in [0.717, 1.165) is 0 Å². The van der Waals surface area contributed by atoms with Crippen LogP contribution in [0.4, 0.5) is 4.79 Å². The van der Waals surface area contributed by atoms with Crippen LogP contribution in [0.1, 0.15) is 19.8 Å². The van der Waals surface area contributed by atoms with Gasteiger partial charge in [-0.15, -0.1) is 0 Å². The fraction of sp³-hybridized carbons (Fsp3) is 0.625. The fourth-order valence-corrected chi connectivity index (χ4v) is 1.49. The molecule has 2 N–H and O–H groups in total. The Hall–Kier alpha value is -1.59. The molecule has 1 atom stereocenters. The van der Waals surface area contributed by atoms with E-state index < -0.39 is 23.9 Å². The number of carboxylic acids is 1. The summed E-state index contributed by atoms with van der Waals surface area (Å²) in [5.74, 6) is -1.51. The summed E-state index contributed by atoms with van der Waals surface area (Å²) in [6, 6.07) is -1.42. The highest BCUT2D eigenvalue weighted by atomic mass is 16.4. The molecule has 0 saturated carbocycles. The van der Waals surface area contributed by atoms with E-state index in [-0.39, 0.29) is 0 Å². The Labute approximate surface area is 80.9 Å². The van der Waals surface area contributed by atoms with Crippen molar-refractivity contribution in [3.63, 3.8) is 0 Å². The topological polar surface area (TPSA) is 86.7 Å². The Balaban J connectivity index is 2.62. The molecule has 0 aromatic heterocycles. The Kier molecular flexibility index (Phi) is 3.06. The van der Waals surface area contributed by atoms with Gasteiger partial charge in [-0.1, -0.05) is 0 Å². The highest BCUT2D eigenvalue weighted by Gasteiger charge is 2.34. The molecule has 1 aliphatic heterocycles. The summed E-state index contributed by atoms with van der Waals surface area (Å²) in [6.07, 6.45) is 1.10. The zero-order valence-electron chi connectivity index (χ0n) is 7.82. The monoisotopic (exact) mass is 200 g/mol. The number of carbonyl (C=O) groups excluding carboxylic acids is 2. The van der Waals surface area contributed by atoms with E-state index in [1.165, 1.54) is 11.8 Å². The zero-order chi connectivity index (χ0) is 10.7. The van der Waals surface area contributed by atoms with Gasteiger partial charge in [-0.25, -0.2) is 9.59 Å². The van der Waals surface area contributed by atoms with E-state index >= 15 is 0 Å². The van der Waals surface area contributed by atoms with Crippen molar-refractivity contribution in [3.8, 4) is 0 Å². The average Bonchev–Trinajstić information content (AvgIpc) is 2.49. The van der Waals surface area contributed by atoms with Gasteiger partial charge < -0.3 is 10.0 Å². The van der Waals surface area contributed by atoms with Crippen LogP contribution in [0, 0.1) is 0 Å². The summed E-state index contributed by atoms with van der Waals surface area (Å²) in [7, 11) is 0. The molecule has 6 nitrogen and oxygen atoms in total. The Bertz CT molecular complexity index is 277. The van der Waals surface area contributed by atoms with E-state index in [4.69, 9.17) is 5.11 Å². The third-order valence-electron chi connectivity index (χ3n) is 2.08. The van der Waals surface area contributed by atoms with Crippen LogP contribution < -0.4 is 5.32 Å². The molecule has 0 radical (unpaired) electrons. The van der Waals surface area contributed by atoms with Crippen LogP contribution in [0.25, 0.3) is 0 Å². The maximum atomic E-state index is 11.3. The lowest BCUT2D eigenvalue weighted by Gasteiger charge is -2.20. The number of amides is 3. The maximum Gasteiger partial charge on any atom is 0.326 e. The third kappa shape index (κ3) is 2.21. The molecule has 1 saturated heterocycles. The van der Waals surface area contributed by atoms with Crippen molar-refractivity contribution < 1.29 is 19.5 Å². The standard InChI is InChI=1S/C8H12N2O4/c1-5(11)9-8(14)10-4-2-3-6(10)7(12)13/h6H,2-4H2,1H3,(H,12,13)(H,9,11,14)/t6-/m0/s1. The molecule has 0 aliphatic carbocycles. The fourth-order valence-electron chi connectivity index (χ4n) is 1.49. The molecule has 1 fully saturated rings. The molecular weight excluding hydrogens is 188 g/mol. The quantitative estimate of drug-likeness (QED) is 0.613. The van der Waals surface area contributed by atoms with Crippen molar-refractivity contribution in [3.05, 3.63) is 0 Å². The molecule has 0 spiro atoms. The van der Waals surface area contributed by atoms with Crippen LogP contribution in [-0.4, -0.2) is 40.5 Å². The SMILES string of the molecule is CC(=O)NC(=O)N1CCC[C@H]1C(=O)O. The highest BCUT2D eigenvalue weighted by molar-refractivity contribution is 5.94. The predicted molar refractivity (Wildman–Crippen MR) is 46.6 cm³/mol. The van der Waals surface area contributed by atoms with Crippen LogP contribution in [-0.2, 0) is 9.59 Å². The summed E-state index contributed by atoms with van der Waals surface area (Å²) >= 11 is 0. The zero-order valence-corrected chi connectivity index (χ0v) is 7.82. The number of carbonyl (C=O) groups is 3. The molecular formula is C8H12N2O4. The van der Waals surface area contributed by atoms with Gasteiger partial charge in [-0.2, -0.15) is 0 Å². The number of hydrogen-bond acceptors (Lipinski definition) is 3. The van der Waals surface area contributed by atoms with Gasteiger partial charge in [0.15, 0.2) is 0 Å². The lowest BCUT2D eigenvalue weighted by molar-refractivity contribution is -0.141. The summed E-state index contributed by atoms with van der Waals surface area (Å²) in [5.41, 5.74) is 0. The predicted octanol–water partition coefficient (Wildman–Crippen LogP) is -0.208. The van der Waals surface area contributed by atoms with Crippen LogP contribution in [0.5, 0.6) is 0 Å². The van der Waals surface area contributed by atoms with Crippen molar-refractivity contribution >= 4 is 17.9 Å². The summed E-state index contributed by atoms with van der Waals surface area (Å²) in [5, 5.41) is 10.8. The Morgan fingerprint density at radius 2 is 2.07 bits per heavy atom. The number of urea groups is 1. The normalized spacial score (nSPS) is 20.6. The molecule has 0 unspecified atom stereocenters. The average molecular weight is 200 g/mol. The minimum atomic E-state index is -1.03. The first-order valence-corrected chi connectivity index (χ1v) is 4.33. The van der Waals surface area contributed by atoms with Crippen LogP contribution in [0.15, 0.2) is 0 Å². The Morgan fingerprint density at radius 1 is 1.43 bits per heavy atom. The van der Waals surface area contributed by atoms with E-state index in [1.807, 2.05) is 0 Å². The largest absolute Gasteiger partial charge is 0.480 e. The van der Waals surface area contributed by atoms with Gasteiger partial charge in [0.2, 0.25) is 5.91 Å². The molecule has 0 bridgehead atoms. The number of hydrogen-bond donors (Lipinski definition) is 2. The molecule has 0 aromatic rings. The third-order valence-corrected chi connectivity index (χ3v) is 2.08. The molecule has 1 heterocycles. The first-order chi connectivity index (χ1) is 6.52. The van der Waals surface area contributed by atoms with E-state index in [0.29, 0.717) is 19.4 Å². The van der Waals surface area contributed by atoms with Crippen molar-refractivity contribution in [2.75, 3.05) is 6.54 Å². The van der Waals surface area contributed by atoms with Crippen LogP contribution in [0.2, 0.25) is 0 Å². The van der Waals surface area contributed by atoms with E-state index in [9.17, 15) is 14.4 Å². The second-order valence-electron chi connectivity index (χ2n) is 3.18. The smallest absolute Gasteiger partial charge is 0.326 e. The molecule has 3 amide bonds. The molecule has 1 aliphatic rings. The van der Waals surface area contributed by atoms with Crippen LogP contribution in [0.3, 0.4) is 0 Å². The maximum absolute atomic E-state index is 11.3. The van der Waals surface area contributed by atoms with Gasteiger partial charge in [-0.3, -0.25) is 10.1 Å². The molecule has 78 valence electrons. The van der Waals surface area contributed by atoms with E-state index in [2.05, 4.69) is 5.32 Å². The van der Waals surface area contributed by atoms with Gasteiger partial charge >= 0.3 is 12.0 Å². The van der Waals surface area contributed by atoms with Crippen LogP contribution >= 0.6 is 0 Å². The summed E-state index contributed by atoms with van der Waals surface area (Å²) in [4.78, 5) is 33.7. The van der Waals surface area contributed by atoms with E-state index in [1.54, 1.807) is 0 Å². The summed E-state index contributed by atoms with van der Waals surface area (Å²) < 4.78 is 0. The number of likely N-dealkylation sites (tertiary alicyclic amines) is 1. The number of rotatable bonds is 1. The van der Waals surface area contributed by atoms with Crippen molar-refractivity contribution in [2.45, 2.75) is 25.8 Å². The second kappa shape index (κ2) is 4.08. The lowest BCUT2D eigenvalue weighted by Crippen LogP contribution is -2.47. The van der Waals surface area contributed by atoms with Gasteiger partial charge in [-0.05, 0) is 12.8 Å².